The van der Waals surface area contributed by atoms with Crippen LogP contribution < -0.4 is 15.0 Å². The average molecular weight is 414 g/mol. The Kier molecular flexibility index (Phi) is 5.25. The van der Waals surface area contributed by atoms with Gasteiger partial charge in [0.2, 0.25) is 0 Å². The minimum atomic E-state index is -1.17. The molecule has 0 radical (unpaired) electrons. The van der Waals surface area contributed by atoms with E-state index in [9.17, 15) is 9.59 Å². The second-order valence-corrected chi connectivity index (χ2v) is 8.01. The van der Waals surface area contributed by atoms with E-state index in [1.807, 2.05) is 12.1 Å². The van der Waals surface area contributed by atoms with Crippen LogP contribution >= 0.6 is 11.3 Å². The molecule has 0 saturated carbocycles. The summed E-state index contributed by atoms with van der Waals surface area (Å²) >= 11 is 1.56. The van der Waals surface area contributed by atoms with Gasteiger partial charge < -0.3 is 19.7 Å². The number of imide groups is 1. The van der Waals surface area contributed by atoms with Crippen LogP contribution in [0, 0.1) is 0 Å². The quantitative estimate of drug-likeness (QED) is 0.600. The van der Waals surface area contributed by atoms with Gasteiger partial charge in [0.05, 0.1) is 31.5 Å². The van der Waals surface area contributed by atoms with Crippen LogP contribution in [0.3, 0.4) is 0 Å². The van der Waals surface area contributed by atoms with Gasteiger partial charge in [0.25, 0.3) is 5.91 Å². The zero-order valence-electron chi connectivity index (χ0n) is 16.3. The molecule has 2 aliphatic rings. The molecule has 2 saturated heterocycles. The van der Waals surface area contributed by atoms with Crippen molar-refractivity contribution in [2.75, 3.05) is 38.3 Å². The Morgan fingerprint density at radius 3 is 2.59 bits per heavy atom. The van der Waals surface area contributed by atoms with E-state index in [1.165, 1.54) is 0 Å². The summed E-state index contributed by atoms with van der Waals surface area (Å²) in [5.41, 5.74) is -0.505. The molecule has 152 valence electrons. The number of morpholine rings is 1. The largest absolute Gasteiger partial charge is 0.497 e. The fourth-order valence-corrected chi connectivity index (χ4v) is 4.25. The molecule has 0 aliphatic carbocycles. The third-order valence-corrected chi connectivity index (χ3v) is 6.15. The van der Waals surface area contributed by atoms with Crippen molar-refractivity contribution in [2.24, 2.45) is 5.10 Å². The normalized spacial score (nSPS) is 22.4. The van der Waals surface area contributed by atoms with Gasteiger partial charge in [0.1, 0.15) is 11.3 Å². The van der Waals surface area contributed by atoms with Gasteiger partial charge in [-0.05, 0) is 36.8 Å². The highest BCUT2D eigenvalue weighted by molar-refractivity contribution is 7.17. The molecule has 8 nitrogen and oxygen atoms in total. The summed E-state index contributed by atoms with van der Waals surface area (Å²) < 4.78 is 10.5. The van der Waals surface area contributed by atoms with Crippen LogP contribution in [-0.4, -0.2) is 56.6 Å². The number of hydrogen-bond donors (Lipinski definition) is 1. The Morgan fingerprint density at radius 1 is 1.17 bits per heavy atom. The molecular weight excluding hydrogens is 392 g/mol. The molecule has 2 fully saturated rings. The van der Waals surface area contributed by atoms with E-state index in [4.69, 9.17) is 9.47 Å². The van der Waals surface area contributed by atoms with Crippen molar-refractivity contribution >= 4 is 34.5 Å². The number of rotatable bonds is 5. The summed E-state index contributed by atoms with van der Waals surface area (Å²) in [7, 11) is 1.57. The molecule has 2 aliphatic heterocycles. The van der Waals surface area contributed by atoms with Gasteiger partial charge >= 0.3 is 6.03 Å². The second kappa shape index (κ2) is 7.84. The average Bonchev–Trinajstić information content (AvgIpc) is 3.31. The molecule has 3 heterocycles. The van der Waals surface area contributed by atoms with Crippen LogP contribution in [-0.2, 0) is 15.1 Å². The summed E-state index contributed by atoms with van der Waals surface area (Å²) in [6.45, 7) is 4.81. The maximum absolute atomic E-state index is 12.9. The Balaban J connectivity index is 1.49. The van der Waals surface area contributed by atoms with E-state index in [-0.39, 0.29) is 0 Å². The van der Waals surface area contributed by atoms with Crippen LogP contribution in [0.4, 0.5) is 9.80 Å². The number of thiophene rings is 1. The zero-order valence-corrected chi connectivity index (χ0v) is 17.1. The van der Waals surface area contributed by atoms with Gasteiger partial charge in [-0.2, -0.15) is 5.10 Å². The maximum Gasteiger partial charge on any atom is 0.346 e. The van der Waals surface area contributed by atoms with Crippen molar-refractivity contribution in [3.63, 3.8) is 0 Å². The maximum atomic E-state index is 12.9. The fourth-order valence-electron chi connectivity index (χ4n) is 3.33. The highest BCUT2D eigenvalue weighted by Crippen LogP contribution is 2.31. The lowest BCUT2D eigenvalue weighted by molar-refractivity contribution is -0.131. The predicted octanol–water partition coefficient (Wildman–Crippen LogP) is 2.39. The van der Waals surface area contributed by atoms with Crippen molar-refractivity contribution < 1.29 is 19.1 Å². The molecule has 1 N–H and O–H groups in total. The Morgan fingerprint density at radius 2 is 1.90 bits per heavy atom. The van der Waals surface area contributed by atoms with Crippen molar-refractivity contribution in [2.45, 2.75) is 12.5 Å². The first-order valence-corrected chi connectivity index (χ1v) is 10.1. The molecule has 3 amide bonds. The van der Waals surface area contributed by atoms with Gasteiger partial charge in [-0.1, -0.05) is 12.1 Å². The molecule has 1 aromatic carbocycles. The number of urea groups is 1. The first-order chi connectivity index (χ1) is 14.0. The number of nitrogens with zero attached hydrogens (tertiary/aromatic N) is 3. The van der Waals surface area contributed by atoms with Crippen LogP contribution in [0.15, 0.2) is 41.5 Å². The molecular formula is C20H22N4O4S. The minimum absolute atomic E-state index is 0.422. The number of methoxy groups -OCH3 is 1. The van der Waals surface area contributed by atoms with Gasteiger partial charge in [-0.3, -0.25) is 4.79 Å². The van der Waals surface area contributed by atoms with E-state index in [2.05, 4.69) is 15.3 Å². The molecule has 1 aromatic heterocycles. The van der Waals surface area contributed by atoms with E-state index in [0.29, 0.717) is 24.5 Å². The summed E-state index contributed by atoms with van der Waals surface area (Å²) in [6.07, 6.45) is 1.55. The summed E-state index contributed by atoms with van der Waals surface area (Å²) in [4.78, 5) is 28.5. The number of ether oxygens (including phenoxy) is 2. The highest BCUT2D eigenvalue weighted by atomic mass is 32.1. The van der Waals surface area contributed by atoms with Crippen LogP contribution in [0.1, 0.15) is 17.4 Å². The van der Waals surface area contributed by atoms with Crippen molar-refractivity contribution in [1.29, 1.82) is 0 Å². The number of nitrogens with one attached hydrogen (secondary N) is 1. The fraction of sp³-hybridized carbons (Fsp3) is 0.350. The highest BCUT2D eigenvalue weighted by Gasteiger charge is 2.49. The smallest absolute Gasteiger partial charge is 0.346 e. The number of amides is 3. The minimum Gasteiger partial charge on any atom is -0.497 e. The van der Waals surface area contributed by atoms with Crippen molar-refractivity contribution in [3.05, 3.63) is 46.8 Å². The summed E-state index contributed by atoms with van der Waals surface area (Å²) in [6, 6.07) is 10.4. The van der Waals surface area contributed by atoms with Gasteiger partial charge in [-0.25, -0.2) is 4.79 Å². The van der Waals surface area contributed by atoms with Gasteiger partial charge in [-0.15, -0.1) is 16.3 Å². The van der Waals surface area contributed by atoms with Crippen LogP contribution in [0.2, 0.25) is 0 Å². The lowest BCUT2D eigenvalue weighted by Gasteiger charge is -2.27. The van der Waals surface area contributed by atoms with Crippen molar-refractivity contribution in [1.82, 2.24) is 10.3 Å². The van der Waals surface area contributed by atoms with Gasteiger partial charge in [0, 0.05) is 18.0 Å². The molecule has 2 aromatic rings. The second-order valence-electron chi connectivity index (χ2n) is 6.92. The van der Waals surface area contributed by atoms with E-state index in [1.54, 1.807) is 55.9 Å². The van der Waals surface area contributed by atoms with Crippen LogP contribution in [0.25, 0.3) is 0 Å². The first-order valence-electron chi connectivity index (χ1n) is 9.29. The Hall–Kier alpha value is -2.91. The zero-order chi connectivity index (χ0) is 20.4. The summed E-state index contributed by atoms with van der Waals surface area (Å²) in [5.74, 6) is 0.256. The third kappa shape index (κ3) is 3.70. The SMILES string of the molecule is COc1ccc([C@@]2(C)NC(=O)N(/N=C\c3ccc(N4CCOCC4)s3)C2=O)cc1. The number of carbonyl (C=O) groups is 2. The standard InChI is InChI=1S/C20H22N4O4S/c1-20(14-3-5-15(27-2)6-4-14)18(25)24(19(26)22-20)21-13-16-7-8-17(29-16)23-9-11-28-12-10-23/h3-8,13H,9-12H2,1-2H3,(H,22,26)/b21-13-/t20-/m1/s1. The monoisotopic (exact) mass is 414 g/mol. The topological polar surface area (TPSA) is 83.5 Å². The molecule has 29 heavy (non-hydrogen) atoms. The summed E-state index contributed by atoms with van der Waals surface area (Å²) in [5, 5.41) is 8.91. The molecule has 0 spiro atoms. The molecule has 0 bridgehead atoms. The predicted molar refractivity (Wildman–Crippen MR) is 111 cm³/mol. The van der Waals surface area contributed by atoms with E-state index >= 15 is 0 Å². The Bertz CT molecular complexity index is 936. The van der Waals surface area contributed by atoms with E-state index < -0.39 is 17.5 Å². The number of carbonyl (C=O) groups excluding carboxylic acids is 2. The number of hydrogen-bond acceptors (Lipinski definition) is 7. The lowest BCUT2D eigenvalue weighted by Crippen LogP contribution is -2.40. The van der Waals surface area contributed by atoms with Crippen molar-refractivity contribution in [3.8, 4) is 5.75 Å². The van der Waals surface area contributed by atoms with Gasteiger partial charge in [0.15, 0.2) is 0 Å². The number of hydrazone groups is 1. The van der Waals surface area contributed by atoms with E-state index in [0.717, 1.165) is 28.0 Å². The number of benzene rings is 1. The molecule has 1 atom stereocenters. The number of anilines is 1. The molecule has 0 unspecified atom stereocenters. The first kappa shape index (κ1) is 19.4. The molecule has 9 heteroatoms. The lowest BCUT2D eigenvalue weighted by atomic mass is 9.92. The molecule has 4 rings (SSSR count). The Labute approximate surface area is 172 Å². The van der Waals surface area contributed by atoms with Crippen LogP contribution in [0.5, 0.6) is 5.75 Å². The third-order valence-electron chi connectivity index (χ3n) is 5.07.